The van der Waals surface area contributed by atoms with E-state index in [0.717, 1.165) is 11.8 Å². The van der Waals surface area contributed by atoms with E-state index in [2.05, 4.69) is 15.6 Å². The molecule has 2 aliphatic rings. The van der Waals surface area contributed by atoms with E-state index in [1.165, 1.54) is 17.6 Å². The zero-order valence-electron chi connectivity index (χ0n) is 27.1. The fourth-order valence-electron chi connectivity index (χ4n) is 6.97. The molecule has 2 N–H and O–H groups in total. The lowest BCUT2D eigenvalue weighted by Crippen LogP contribution is -2.58. The van der Waals surface area contributed by atoms with Crippen molar-refractivity contribution < 1.29 is 31.9 Å². The summed E-state index contributed by atoms with van der Waals surface area (Å²) in [6.45, 7) is 3.79. The number of aromatic nitrogens is 1. The van der Waals surface area contributed by atoms with E-state index < -0.39 is 39.9 Å². The van der Waals surface area contributed by atoms with Crippen LogP contribution in [0.2, 0.25) is 5.02 Å². The normalized spacial score (nSPS) is 20.5. The van der Waals surface area contributed by atoms with Gasteiger partial charge in [0.1, 0.15) is 5.82 Å². The van der Waals surface area contributed by atoms with Crippen LogP contribution in [-0.4, -0.2) is 81.1 Å². The van der Waals surface area contributed by atoms with Gasteiger partial charge in [0.2, 0.25) is 10.0 Å². The summed E-state index contributed by atoms with van der Waals surface area (Å²) in [5.74, 6) is -1.32. The van der Waals surface area contributed by atoms with Crippen molar-refractivity contribution in [2.75, 3.05) is 33.4 Å². The molecule has 5 rings (SSSR count). The molecule has 0 saturated carbocycles. The molecule has 258 valence electrons. The molecule has 0 unspecified atom stereocenters. The Balaban J connectivity index is 1.42. The van der Waals surface area contributed by atoms with E-state index in [1.54, 1.807) is 42.5 Å². The number of ketones is 1. The molecule has 2 fully saturated rings. The molecule has 0 radical (unpaired) electrons. The van der Waals surface area contributed by atoms with Gasteiger partial charge in [-0.3, -0.25) is 9.78 Å². The molecular formula is C35H42ClFN4O6S. The van der Waals surface area contributed by atoms with Crippen LogP contribution >= 0.6 is 11.6 Å². The number of nitrogens with one attached hydrogen (secondary N) is 2. The number of hydrogen-bond donors (Lipinski definition) is 2. The van der Waals surface area contributed by atoms with Crippen LogP contribution in [0.5, 0.6) is 0 Å². The number of alkyl carbamates (subject to hydrolysis) is 1. The topological polar surface area (TPSA) is 127 Å². The average Bonchev–Trinajstić information content (AvgIpc) is 3.09. The monoisotopic (exact) mass is 700 g/mol. The van der Waals surface area contributed by atoms with Gasteiger partial charge in [-0.1, -0.05) is 41.9 Å². The van der Waals surface area contributed by atoms with Gasteiger partial charge in [0.15, 0.2) is 5.78 Å². The predicted octanol–water partition coefficient (Wildman–Crippen LogP) is 4.90. The zero-order chi connectivity index (χ0) is 34.3. The van der Waals surface area contributed by atoms with Crippen molar-refractivity contribution >= 4 is 33.5 Å². The lowest BCUT2D eigenvalue weighted by Gasteiger charge is -2.40. The fourth-order valence-corrected chi connectivity index (χ4v) is 8.96. The molecule has 1 aromatic heterocycles. The summed E-state index contributed by atoms with van der Waals surface area (Å²) in [5, 5.41) is 6.62. The Kier molecular flexibility index (Phi) is 12.2. The van der Waals surface area contributed by atoms with E-state index in [0.29, 0.717) is 61.7 Å². The standard InChI is InChI=1S/C35H42ClFN4O6S/c1-23-19-38-21-28(41(23)48(44,45)29-6-4-3-5-7-29)12-13-30-26(20-39-22-31(30)37)18-32(42)34(40-35(43)46-2)33(25-14-16-47-17-15-25)24-8-10-27(36)11-9-24/h3-11,20,22-23,25,28,33-34,38H,12-19,21H2,1-2H3,(H,40,43)/t23-,28-,33-,34+/m0/s1. The lowest BCUT2D eigenvalue weighted by molar-refractivity contribution is -0.121. The predicted molar refractivity (Wildman–Crippen MR) is 180 cm³/mol. The Morgan fingerprint density at radius 2 is 1.81 bits per heavy atom. The maximum absolute atomic E-state index is 15.5. The lowest BCUT2D eigenvalue weighted by atomic mass is 9.74. The van der Waals surface area contributed by atoms with Crippen LogP contribution in [0, 0.1) is 11.7 Å². The molecule has 0 bridgehead atoms. The number of amides is 1. The number of piperazine rings is 1. The van der Waals surface area contributed by atoms with Crippen LogP contribution < -0.4 is 10.6 Å². The van der Waals surface area contributed by atoms with Gasteiger partial charge in [0.25, 0.3) is 0 Å². The zero-order valence-corrected chi connectivity index (χ0v) is 28.7. The van der Waals surface area contributed by atoms with Gasteiger partial charge in [-0.15, -0.1) is 0 Å². The maximum atomic E-state index is 15.5. The van der Waals surface area contributed by atoms with Crippen LogP contribution in [0.15, 0.2) is 71.9 Å². The molecule has 10 nitrogen and oxygen atoms in total. The molecular weight excluding hydrogens is 659 g/mol. The number of carbonyl (C=O) groups is 2. The van der Waals surface area contributed by atoms with E-state index >= 15 is 4.39 Å². The minimum Gasteiger partial charge on any atom is -0.453 e. The molecule has 2 aliphatic heterocycles. The second kappa shape index (κ2) is 16.3. The van der Waals surface area contributed by atoms with Crippen LogP contribution in [0.25, 0.3) is 0 Å². The Morgan fingerprint density at radius 1 is 1.10 bits per heavy atom. The van der Waals surface area contributed by atoms with Crippen molar-refractivity contribution in [3.8, 4) is 0 Å². The van der Waals surface area contributed by atoms with Crippen LogP contribution in [0.1, 0.15) is 48.8 Å². The minimum atomic E-state index is -3.81. The summed E-state index contributed by atoms with van der Waals surface area (Å²) in [6.07, 6.45) is 3.47. The van der Waals surface area contributed by atoms with Crippen molar-refractivity contribution in [3.05, 3.63) is 94.5 Å². The molecule has 3 aromatic rings. The minimum absolute atomic E-state index is 0.00877. The van der Waals surface area contributed by atoms with Crippen molar-refractivity contribution in [1.82, 2.24) is 19.9 Å². The number of carbonyl (C=O) groups excluding carboxylic acids is 2. The van der Waals surface area contributed by atoms with E-state index in [4.69, 9.17) is 21.1 Å². The fraction of sp³-hybridized carbons (Fsp3) is 0.457. The smallest absolute Gasteiger partial charge is 0.407 e. The van der Waals surface area contributed by atoms with Crippen molar-refractivity contribution in [2.24, 2.45) is 5.92 Å². The van der Waals surface area contributed by atoms with Crippen LogP contribution in [0.4, 0.5) is 9.18 Å². The first kappa shape index (κ1) is 35.9. The highest BCUT2D eigenvalue weighted by molar-refractivity contribution is 7.89. The number of nitrogens with zero attached hydrogens (tertiary/aromatic N) is 2. The SMILES string of the molecule is COC(=O)N[C@H](C(=O)Cc1cncc(F)c1CC[C@H]1CNC[C@H](C)N1S(=O)(=O)c1ccccc1)[C@@H](c1ccc(Cl)cc1)C1CCOCC1. The highest BCUT2D eigenvalue weighted by Gasteiger charge is 2.39. The number of rotatable bonds is 12. The van der Waals surface area contributed by atoms with E-state index in [9.17, 15) is 18.0 Å². The number of hydrogen-bond acceptors (Lipinski definition) is 8. The van der Waals surface area contributed by atoms with Crippen molar-refractivity contribution in [2.45, 2.75) is 68.0 Å². The third kappa shape index (κ3) is 8.41. The summed E-state index contributed by atoms with van der Waals surface area (Å²) in [4.78, 5) is 31.1. The summed E-state index contributed by atoms with van der Waals surface area (Å²) in [6, 6.07) is 13.7. The molecule has 0 spiro atoms. The van der Waals surface area contributed by atoms with Gasteiger partial charge in [0, 0.05) is 61.9 Å². The highest BCUT2D eigenvalue weighted by atomic mass is 35.5. The molecule has 2 saturated heterocycles. The van der Waals surface area contributed by atoms with Gasteiger partial charge < -0.3 is 20.1 Å². The third-order valence-electron chi connectivity index (χ3n) is 9.31. The van der Waals surface area contributed by atoms with Crippen molar-refractivity contribution in [3.63, 3.8) is 0 Å². The Morgan fingerprint density at radius 3 is 2.50 bits per heavy atom. The Bertz CT molecular complexity index is 1660. The first-order chi connectivity index (χ1) is 23.1. The second-order valence-electron chi connectivity index (χ2n) is 12.4. The molecule has 1 amide bonds. The van der Waals surface area contributed by atoms with Crippen molar-refractivity contribution in [1.29, 1.82) is 0 Å². The Labute approximate surface area is 286 Å². The number of Topliss-reactive ketones (excluding diaryl/α,β-unsaturated/α-hetero) is 1. The number of ether oxygens (including phenoxy) is 2. The molecule has 3 heterocycles. The quantitative estimate of drug-likeness (QED) is 0.273. The largest absolute Gasteiger partial charge is 0.453 e. The first-order valence-corrected chi connectivity index (χ1v) is 18.0. The van der Waals surface area contributed by atoms with Gasteiger partial charge in [-0.2, -0.15) is 4.31 Å². The van der Waals surface area contributed by atoms with E-state index in [-0.39, 0.29) is 35.5 Å². The van der Waals surface area contributed by atoms with Gasteiger partial charge in [0.05, 0.1) is 24.2 Å². The van der Waals surface area contributed by atoms with Gasteiger partial charge in [-0.25, -0.2) is 17.6 Å². The highest BCUT2D eigenvalue weighted by Crippen LogP contribution is 2.37. The van der Waals surface area contributed by atoms with Gasteiger partial charge >= 0.3 is 6.09 Å². The van der Waals surface area contributed by atoms with Crippen LogP contribution in [-0.2, 0) is 37.1 Å². The number of pyridine rings is 1. The summed E-state index contributed by atoms with van der Waals surface area (Å²) in [7, 11) is -2.58. The molecule has 13 heteroatoms. The average molecular weight is 701 g/mol. The number of sulfonamides is 1. The number of halogens is 2. The number of benzene rings is 2. The van der Waals surface area contributed by atoms with E-state index in [1.807, 2.05) is 19.1 Å². The molecule has 2 aromatic carbocycles. The molecule has 48 heavy (non-hydrogen) atoms. The Hall–Kier alpha value is -3.42. The number of methoxy groups -OCH3 is 1. The summed E-state index contributed by atoms with van der Waals surface area (Å²) >= 11 is 6.19. The van der Waals surface area contributed by atoms with Gasteiger partial charge in [-0.05, 0) is 79.5 Å². The summed E-state index contributed by atoms with van der Waals surface area (Å²) < 4.78 is 55.0. The van der Waals surface area contributed by atoms with Crippen LogP contribution in [0.3, 0.4) is 0 Å². The first-order valence-electron chi connectivity index (χ1n) is 16.2. The molecule has 4 atom stereocenters. The molecule has 0 aliphatic carbocycles. The maximum Gasteiger partial charge on any atom is 0.407 e. The third-order valence-corrected chi connectivity index (χ3v) is 11.6. The summed E-state index contributed by atoms with van der Waals surface area (Å²) in [5.41, 5.74) is 1.50. The second-order valence-corrected chi connectivity index (χ2v) is 14.7.